The van der Waals surface area contributed by atoms with Gasteiger partial charge in [0.05, 0.1) is 12.1 Å². The van der Waals surface area contributed by atoms with Crippen LogP contribution in [0.25, 0.3) is 0 Å². The van der Waals surface area contributed by atoms with Crippen molar-refractivity contribution in [1.82, 2.24) is 0 Å². The summed E-state index contributed by atoms with van der Waals surface area (Å²) in [5.74, 6) is 2.49. The van der Waals surface area contributed by atoms with Crippen molar-refractivity contribution in [2.75, 3.05) is 0 Å². The summed E-state index contributed by atoms with van der Waals surface area (Å²) in [6.45, 7) is 11.2. The lowest BCUT2D eigenvalue weighted by molar-refractivity contribution is 0.628. The summed E-state index contributed by atoms with van der Waals surface area (Å²) in [4.78, 5) is 0. The van der Waals surface area contributed by atoms with Crippen LogP contribution in [0.2, 0.25) is 18.1 Å². The molecule has 0 radical (unpaired) electrons. The average Bonchev–Trinajstić information content (AvgIpc) is 2.46. The number of hydrogen-bond acceptors (Lipinski definition) is 2. The molecule has 3 heteroatoms. The van der Waals surface area contributed by atoms with E-state index < -0.39 is 14.0 Å². The van der Waals surface area contributed by atoms with Gasteiger partial charge in [-0.2, -0.15) is 10.5 Å². The first-order chi connectivity index (χ1) is 10.2. The highest BCUT2D eigenvalue weighted by atomic mass is 28.3. The molecule has 0 aromatic heterocycles. The minimum Gasteiger partial charge on any atom is -0.197 e. The van der Waals surface area contributed by atoms with Crippen molar-refractivity contribution in [1.29, 1.82) is 10.5 Å². The Hall–Kier alpha value is -2.02. The van der Waals surface area contributed by atoms with E-state index in [9.17, 15) is 10.5 Å². The third kappa shape index (κ3) is 4.49. The van der Waals surface area contributed by atoms with Crippen molar-refractivity contribution < 1.29 is 0 Å². The molecule has 2 nitrogen and oxygen atoms in total. The second-order valence-corrected chi connectivity index (χ2v) is 12.1. The lowest BCUT2D eigenvalue weighted by Crippen LogP contribution is -2.35. The van der Waals surface area contributed by atoms with Crippen LogP contribution < -0.4 is 0 Å². The van der Waals surface area contributed by atoms with E-state index in [1.807, 2.05) is 30.3 Å². The number of hydrogen-bond donors (Lipinski definition) is 0. The summed E-state index contributed by atoms with van der Waals surface area (Å²) in [7, 11) is -1.65. The van der Waals surface area contributed by atoms with Gasteiger partial charge in [-0.05, 0) is 10.6 Å². The number of nitrogens with zero attached hydrogens (tertiary/aromatic N) is 2. The van der Waals surface area contributed by atoms with Crippen LogP contribution in [-0.4, -0.2) is 8.07 Å². The second kappa shape index (κ2) is 7.30. The Balaban J connectivity index is 3.04. The van der Waals surface area contributed by atoms with Gasteiger partial charge in [0, 0.05) is 12.3 Å². The molecular weight excluding hydrogens is 284 g/mol. The van der Waals surface area contributed by atoms with Gasteiger partial charge in [-0.1, -0.05) is 64.2 Å². The predicted octanol–water partition coefficient (Wildman–Crippen LogP) is 4.87. The molecule has 0 aliphatic carbocycles. The van der Waals surface area contributed by atoms with E-state index in [1.165, 1.54) is 0 Å². The Labute approximate surface area is 135 Å². The Morgan fingerprint density at radius 3 is 2.05 bits per heavy atom. The van der Waals surface area contributed by atoms with E-state index in [0.29, 0.717) is 6.42 Å². The van der Waals surface area contributed by atoms with Gasteiger partial charge in [0.15, 0.2) is 0 Å². The third-order valence-corrected chi connectivity index (χ3v) is 9.06. The van der Waals surface area contributed by atoms with E-state index >= 15 is 0 Å². The Bertz CT molecular complexity index is 616. The molecule has 0 amide bonds. The fourth-order valence-corrected chi connectivity index (χ4v) is 2.83. The summed E-state index contributed by atoms with van der Waals surface area (Å²) in [6, 6.07) is 14.0. The normalized spacial score (nSPS) is 12.7. The molecule has 1 aromatic rings. The molecule has 1 atom stereocenters. The molecule has 0 bridgehead atoms. The van der Waals surface area contributed by atoms with Gasteiger partial charge in [0.1, 0.15) is 14.0 Å². The minimum absolute atomic E-state index is 0.145. The fourth-order valence-electron chi connectivity index (χ4n) is 1.91. The molecule has 1 rings (SSSR count). The molecule has 0 heterocycles. The first kappa shape index (κ1) is 18.0. The van der Waals surface area contributed by atoms with E-state index in [4.69, 9.17) is 0 Å². The molecule has 0 aliphatic heterocycles. The molecule has 1 aromatic carbocycles. The van der Waals surface area contributed by atoms with Gasteiger partial charge in [0.25, 0.3) is 0 Å². The van der Waals surface area contributed by atoms with E-state index in [-0.39, 0.29) is 11.0 Å². The van der Waals surface area contributed by atoms with E-state index in [1.54, 1.807) is 0 Å². The highest BCUT2D eigenvalue weighted by molar-refractivity contribution is 6.87. The lowest BCUT2D eigenvalue weighted by atomic mass is 9.85. The molecule has 0 fully saturated rings. The monoisotopic (exact) mass is 308 g/mol. The standard InChI is InChI=1S/C19H24N2Si/c1-19(2,3)22(4,5)13-9-12-18(17(14-20)15-21)16-10-7-6-8-11-16/h6-8,10-11,17-18H,12H2,1-5H3. The number of benzene rings is 1. The summed E-state index contributed by atoms with van der Waals surface area (Å²) in [5.41, 5.74) is 4.49. The predicted molar refractivity (Wildman–Crippen MR) is 93.5 cm³/mol. The maximum absolute atomic E-state index is 9.23. The maximum Gasteiger partial charge on any atom is 0.141 e. The zero-order chi connectivity index (χ0) is 16.8. The largest absolute Gasteiger partial charge is 0.197 e. The Morgan fingerprint density at radius 2 is 1.59 bits per heavy atom. The smallest absolute Gasteiger partial charge is 0.141 e. The molecular formula is C19H24N2Si. The van der Waals surface area contributed by atoms with Crippen molar-refractivity contribution in [3.05, 3.63) is 35.9 Å². The Morgan fingerprint density at radius 1 is 1.05 bits per heavy atom. The zero-order valence-electron chi connectivity index (χ0n) is 14.1. The van der Waals surface area contributed by atoms with E-state index in [2.05, 4.69) is 57.5 Å². The van der Waals surface area contributed by atoms with Crippen LogP contribution >= 0.6 is 0 Å². The molecule has 0 saturated carbocycles. The van der Waals surface area contributed by atoms with Gasteiger partial charge < -0.3 is 0 Å². The van der Waals surface area contributed by atoms with Crippen LogP contribution in [0.4, 0.5) is 0 Å². The minimum atomic E-state index is -1.65. The van der Waals surface area contributed by atoms with Crippen molar-refractivity contribution in [2.45, 2.75) is 51.2 Å². The van der Waals surface area contributed by atoms with Crippen LogP contribution in [0.3, 0.4) is 0 Å². The quantitative estimate of drug-likeness (QED) is 0.590. The van der Waals surface area contributed by atoms with Crippen LogP contribution in [0.15, 0.2) is 30.3 Å². The van der Waals surface area contributed by atoms with E-state index in [0.717, 1.165) is 5.56 Å². The first-order valence-corrected chi connectivity index (χ1v) is 10.6. The van der Waals surface area contributed by atoms with Crippen molar-refractivity contribution in [3.63, 3.8) is 0 Å². The molecule has 1 unspecified atom stereocenters. The molecule has 0 aliphatic rings. The van der Waals surface area contributed by atoms with Crippen LogP contribution in [0.1, 0.15) is 38.7 Å². The third-order valence-electron chi connectivity index (χ3n) is 4.51. The zero-order valence-corrected chi connectivity index (χ0v) is 15.1. The van der Waals surface area contributed by atoms with Gasteiger partial charge in [0.2, 0.25) is 0 Å². The molecule has 0 spiro atoms. The Kier molecular flexibility index (Phi) is 5.98. The van der Waals surface area contributed by atoms with Gasteiger partial charge in [-0.3, -0.25) is 0 Å². The van der Waals surface area contributed by atoms with Crippen LogP contribution in [-0.2, 0) is 0 Å². The summed E-state index contributed by atoms with van der Waals surface area (Å²) in [6.07, 6.45) is 0.558. The highest BCUT2D eigenvalue weighted by Crippen LogP contribution is 2.35. The lowest BCUT2D eigenvalue weighted by Gasteiger charge is -2.31. The first-order valence-electron chi connectivity index (χ1n) is 7.57. The van der Waals surface area contributed by atoms with Crippen LogP contribution in [0, 0.1) is 40.0 Å². The second-order valence-electron chi connectivity index (χ2n) is 7.13. The molecule has 0 N–H and O–H groups in total. The topological polar surface area (TPSA) is 47.6 Å². The van der Waals surface area contributed by atoms with Gasteiger partial charge in [-0.15, -0.1) is 11.5 Å². The SMILES string of the molecule is CC(C)(C)[Si](C)(C)C#CCC(c1ccccc1)C(C#N)C#N. The molecule has 22 heavy (non-hydrogen) atoms. The average molecular weight is 309 g/mol. The van der Waals surface area contributed by atoms with Gasteiger partial charge in [-0.25, -0.2) is 0 Å². The number of rotatable bonds is 3. The summed E-state index contributed by atoms with van der Waals surface area (Å²) in [5, 5.41) is 18.7. The molecule has 0 saturated heterocycles. The highest BCUT2D eigenvalue weighted by Gasteiger charge is 2.33. The summed E-state index contributed by atoms with van der Waals surface area (Å²) >= 11 is 0. The van der Waals surface area contributed by atoms with Gasteiger partial charge >= 0.3 is 0 Å². The van der Waals surface area contributed by atoms with Crippen molar-refractivity contribution >= 4 is 8.07 Å². The maximum atomic E-state index is 9.23. The summed E-state index contributed by atoms with van der Waals surface area (Å²) < 4.78 is 0. The van der Waals surface area contributed by atoms with Crippen molar-refractivity contribution in [3.8, 4) is 23.6 Å². The molecule has 114 valence electrons. The van der Waals surface area contributed by atoms with Crippen molar-refractivity contribution in [2.24, 2.45) is 5.92 Å². The van der Waals surface area contributed by atoms with Crippen LogP contribution in [0.5, 0.6) is 0 Å². The number of nitriles is 2. The fraction of sp³-hybridized carbons (Fsp3) is 0.474.